The largest absolute Gasteiger partial charge is 0.481 e. The molecule has 0 bridgehead atoms. The summed E-state index contributed by atoms with van der Waals surface area (Å²) >= 11 is 0. The van der Waals surface area contributed by atoms with Crippen LogP contribution in [0.1, 0.15) is 12.0 Å². The quantitative estimate of drug-likeness (QED) is 0.522. The van der Waals surface area contributed by atoms with E-state index in [0.717, 1.165) is 5.56 Å². The zero-order valence-electron chi connectivity index (χ0n) is 10.9. The number of carbonyl (C=O) groups is 2. The lowest BCUT2D eigenvalue weighted by molar-refractivity contribution is -0.136. The molecular weight excluding hydrogens is 260 g/mol. The number of anilines is 1. The number of nitriles is 1. The standard InChI is InChI=1S/C13H14N4O3/c1-9-2-4-15-11(6-9)17-8-10(7-14)13(20)16-5-3-12(18)19/h2,4,6,8H,3,5H2,1H3,(H,15,17)(H,16,20)(H,18,19)/b10-8-. The van der Waals surface area contributed by atoms with E-state index in [0.29, 0.717) is 5.82 Å². The minimum Gasteiger partial charge on any atom is -0.481 e. The molecule has 0 saturated carbocycles. The van der Waals surface area contributed by atoms with Crippen LogP contribution in [0, 0.1) is 18.3 Å². The van der Waals surface area contributed by atoms with Gasteiger partial charge in [0.1, 0.15) is 17.5 Å². The topological polar surface area (TPSA) is 115 Å². The summed E-state index contributed by atoms with van der Waals surface area (Å²) in [7, 11) is 0. The van der Waals surface area contributed by atoms with Crippen LogP contribution in [0.2, 0.25) is 0 Å². The molecule has 0 aliphatic rings. The van der Waals surface area contributed by atoms with E-state index < -0.39 is 11.9 Å². The highest BCUT2D eigenvalue weighted by Gasteiger charge is 2.08. The predicted octanol–water partition coefficient (Wildman–Crippen LogP) is 0.800. The molecule has 0 unspecified atom stereocenters. The molecule has 1 rings (SSSR count). The number of nitrogens with one attached hydrogen (secondary N) is 2. The molecule has 3 N–H and O–H groups in total. The van der Waals surface area contributed by atoms with Gasteiger partial charge in [-0.2, -0.15) is 5.26 Å². The van der Waals surface area contributed by atoms with Crippen molar-refractivity contribution in [2.24, 2.45) is 0 Å². The third-order valence-corrected chi connectivity index (χ3v) is 2.27. The highest BCUT2D eigenvalue weighted by Crippen LogP contribution is 2.06. The summed E-state index contributed by atoms with van der Waals surface area (Å²) in [5.74, 6) is -1.14. The van der Waals surface area contributed by atoms with Crippen molar-refractivity contribution >= 4 is 17.7 Å². The van der Waals surface area contributed by atoms with Crippen molar-refractivity contribution in [3.05, 3.63) is 35.7 Å². The molecule has 104 valence electrons. The Morgan fingerprint density at radius 3 is 2.90 bits per heavy atom. The Bertz CT molecular complexity index is 575. The molecule has 7 heteroatoms. The first-order chi connectivity index (χ1) is 9.52. The Balaban J connectivity index is 2.61. The number of carboxylic acid groups (broad SMARTS) is 1. The molecule has 0 saturated heterocycles. The third kappa shape index (κ3) is 5.18. The van der Waals surface area contributed by atoms with E-state index in [4.69, 9.17) is 10.4 Å². The van der Waals surface area contributed by atoms with Crippen LogP contribution in [-0.4, -0.2) is 28.5 Å². The smallest absolute Gasteiger partial charge is 0.305 e. The summed E-state index contributed by atoms with van der Waals surface area (Å²) in [6.45, 7) is 1.86. The van der Waals surface area contributed by atoms with Crippen molar-refractivity contribution in [1.29, 1.82) is 5.26 Å². The summed E-state index contributed by atoms with van der Waals surface area (Å²) < 4.78 is 0. The first-order valence-corrected chi connectivity index (χ1v) is 5.82. The fourth-order valence-corrected chi connectivity index (χ4v) is 1.29. The van der Waals surface area contributed by atoms with Crippen LogP contribution in [0.3, 0.4) is 0 Å². The summed E-state index contributed by atoms with van der Waals surface area (Å²) in [6.07, 6.45) is 2.64. The molecule has 1 aromatic rings. The lowest BCUT2D eigenvalue weighted by atomic mass is 10.2. The Morgan fingerprint density at radius 1 is 1.55 bits per heavy atom. The van der Waals surface area contributed by atoms with Crippen LogP contribution in [0.5, 0.6) is 0 Å². The second-order valence-corrected chi connectivity index (χ2v) is 3.93. The first-order valence-electron chi connectivity index (χ1n) is 5.82. The highest BCUT2D eigenvalue weighted by molar-refractivity contribution is 5.97. The van der Waals surface area contributed by atoms with E-state index in [1.165, 1.54) is 6.20 Å². The van der Waals surface area contributed by atoms with Crippen LogP contribution >= 0.6 is 0 Å². The van der Waals surface area contributed by atoms with E-state index in [-0.39, 0.29) is 18.5 Å². The number of aryl methyl sites for hydroxylation is 1. The number of hydrogen-bond acceptors (Lipinski definition) is 5. The van der Waals surface area contributed by atoms with Crippen LogP contribution in [0.25, 0.3) is 0 Å². The molecule has 0 spiro atoms. The molecule has 1 heterocycles. The van der Waals surface area contributed by atoms with Crippen molar-refractivity contribution < 1.29 is 14.7 Å². The van der Waals surface area contributed by atoms with Crippen LogP contribution in [0.15, 0.2) is 30.1 Å². The average molecular weight is 274 g/mol. The number of pyridine rings is 1. The van der Waals surface area contributed by atoms with Gasteiger partial charge < -0.3 is 15.7 Å². The summed E-state index contributed by atoms with van der Waals surface area (Å²) in [6, 6.07) is 5.31. The number of hydrogen-bond donors (Lipinski definition) is 3. The zero-order chi connectivity index (χ0) is 15.0. The minimum atomic E-state index is -1.02. The third-order valence-electron chi connectivity index (χ3n) is 2.27. The summed E-state index contributed by atoms with van der Waals surface area (Å²) in [5.41, 5.74) is 0.832. The number of carboxylic acids is 1. The lowest BCUT2D eigenvalue weighted by Gasteiger charge is -2.03. The van der Waals surface area contributed by atoms with E-state index in [1.54, 1.807) is 18.3 Å². The number of carbonyl (C=O) groups excluding carboxylic acids is 1. The maximum absolute atomic E-state index is 11.6. The first kappa shape index (κ1) is 15.2. The van der Waals surface area contributed by atoms with Gasteiger partial charge in [-0.15, -0.1) is 0 Å². The number of amides is 1. The Kier molecular flexibility index (Phi) is 5.72. The van der Waals surface area contributed by atoms with E-state index in [2.05, 4.69) is 15.6 Å². The second kappa shape index (κ2) is 7.53. The van der Waals surface area contributed by atoms with Crippen LogP contribution in [0.4, 0.5) is 5.82 Å². The van der Waals surface area contributed by atoms with Gasteiger partial charge in [-0.3, -0.25) is 9.59 Å². The summed E-state index contributed by atoms with van der Waals surface area (Å²) in [4.78, 5) is 25.9. The van der Waals surface area contributed by atoms with Crippen LogP contribution < -0.4 is 10.6 Å². The van der Waals surface area contributed by atoms with Gasteiger partial charge in [0.25, 0.3) is 5.91 Å². The molecule has 20 heavy (non-hydrogen) atoms. The monoisotopic (exact) mass is 274 g/mol. The molecule has 0 aliphatic heterocycles. The van der Waals surface area contributed by atoms with Crippen molar-refractivity contribution in [2.45, 2.75) is 13.3 Å². The van der Waals surface area contributed by atoms with Gasteiger partial charge in [0.2, 0.25) is 0 Å². The van der Waals surface area contributed by atoms with E-state index in [9.17, 15) is 9.59 Å². The fourth-order valence-electron chi connectivity index (χ4n) is 1.29. The number of aromatic nitrogens is 1. The van der Waals surface area contributed by atoms with Gasteiger partial charge in [0.05, 0.1) is 6.42 Å². The Labute approximate surface area is 115 Å². The minimum absolute atomic E-state index is 0.0319. The van der Waals surface area contributed by atoms with Crippen molar-refractivity contribution in [3.63, 3.8) is 0 Å². The highest BCUT2D eigenvalue weighted by atomic mass is 16.4. The van der Waals surface area contributed by atoms with Crippen molar-refractivity contribution in [1.82, 2.24) is 10.3 Å². The van der Waals surface area contributed by atoms with Gasteiger partial charge in [-0.1, -0.05) is 0 Å². The van der Waals surface area contributed by atoms with Gasteiger partial charge in [-0.25, -0.2) is 4.98 Å². The molecule has 0 atom stereocenters. The van der Waals surface area contributed by atoms with Crippen LogP contribution in [-0.2, 0) is 9.59 Å². The summed E-state index contributed by atoms with van der Waals surface area (Å²) in [5, 5.41) is 22.4. The molecular formula is C13H14N4O3. The molecule has 1 amide bonds. The Morgan fingerprint density at radius 2 is 2.30 bits per heavy atom. The molecule has 0 aromatic carbocycles. The molecule has 0 fully saturated rings. The normalized spacial score (nSPS) is 10.5. The van der Waals surface area contributed by atoms with Gasteiger partial charge in [-0.05, 0) is 24.6 Å². The maximum atomic E-state index is 11.6. The van der Waals surface area contributed by atoms with E-state index in [1.807, 2.05) is 13.0 Å². The van der Waals surface area contributed by atoms with Crippen molar-refractivity contribution in [2.75, 3.05) is 11.9 Å². The van der Waals surface area contributed by atoms with Gasteiger partial charge >= 0.3 is 5.97 Å². The number of aliphatic carboxylic acids is 1. The lowest BCUT2D eigenvalue weighted by Crippen LogP contribution is -2.27. The second-order valence-electron chi connectivity index (χ2n) is 3.93. The Hall–Kier alpha value is -2.88. The maximum Gasteiger partial charge on any atom is 0.305 e. The van der Waals surface area contributed by atoms with E-state index >= 15 is 0 Å². The number of rotatable bonds is 6. The molecule has 0 radical (unpaired) electrons. The molecule has 7 nitrogen and oxygen atoms in total. The molecule has 0 aliphatic carbocycles. The van der Waals surface area contributed by atoms with Gasteiger partial charge in [0, 0.05) is 18.9 Å². The fraction of sp³-hybridized carbons (Fsp3) is 0.231. The van der Waals surface area contributed by atoms with Gasteiger partial charge in [0.15, 0.2) is 0 Å². The zero-order valence-corrected chi connectivity index (χ0v) is 10.9. The molecule has 1 aromatic heterocycles. The SMILES string of the molecule is Cc1ccnc(N/C=C(/C#N)C(=O)NCCC(=O)O)c1. The average Bonchev–Trinajstić information content (AvgIpc) is 2.39. The van der Waals surface area contributed by atoms with Crippen molar-refractivity contribution in [3.8, 4) is 6.07 Å². The number of nitrogens with zero attached hydrogens (tertiary/aromatic N) is 2. The predicted molar refractivity (Wildman–Crippen MR) is 71.6 cm³/mol.